The molecule has 0 N–H and O–H groups in total. The summed E-state index contributed by atoms with van der Waals surface area (Å²) in [6, 6.07) is 84.3. The number of rotatable bonds is 7. The normalized spacial score (nSPS) is 11.6. The second-order valence-electron chi connectivity index (χ2n) is 15.7. The second-order valence-corrected chi connectivity index (χ2v) is 16.8. The second kappa shape index (κ2) is 14.5. The Morgan fingerprint density at radius 3 is 1.69 bits per heavy atom. The molecular formula is C58H38N2S. The van der Waals surface area contributed by atoms with Crippen molar-refractivity contribution in [2.75, 3.05) is 4.90 Å². The number of nitrogens with zero attached hydrogens (tertiary/aromatic N) is 2. The van der Waals surface area contributed by atoms with Crippen molar-refractivity contribution in [2.45, 2.75) is 0 Å². The highest BCUT2D eigenvalue weighted by atomic mass is 32.1. The molecule has 0 aliphatic carbocycles. The maximum Gasteiger partial charge on any atom is 0.0547 e. The van der Waals surface area contributed by atoms with E-state index in [1.165, 1.54) is 86.1 Å². The highest BCUT2D eigenvalue weighted by Gasteiger charge is 2.20. The molecule has 0 aliphatic rings. The van der Waals surface area contributed by atoms with Gasteiger partial charge in [0.2, 0.25) is 0 Å². The van der Waals surface area contributed by atoms with E-state index < -0.39 is 0 Å². The summed E-state index contributed by atoms with van der Waals surface area (Å²) < 4.78 is 4.97. The van der Waals surface area contributed by atoms with E-state index in [2.05, 4.69) is 240 Å². The van der Waals surface area contributed by atoms with Gasteiger partial charge in [0.25, 0.3) is 0 Å². The van der Waals surface area contributed by atoms with Crippen molar-refractivity contribution < 1.29 is 0 Å². The molecule has 286 valence electrons. The number of hydrogen-bond acceptors (Lipinski definition) is 2. The van der Waals surface area contributed by atoms with Gasteiger partial charge in [-0.1, -0.05) is 152 Å². The van der Waals surface area contributed by atoms with Crippen LogP contribution in [-0.4, -0.2) is 4.57 Å². The van der Waals surface area contributed by atoms with E-state index in [9.17, 15) is 0 Å². The molecule has 0 saturated carbocycles. The Labute approximate surface area is 358 Å². The summed E-state index contributed by atoms with van der Waals surface area (Å²) in [6.45, 7) is 0. The summed E-state index contributed by atoms with van der Waals surface area (Å²) in [5, 5.41) is 7.52. The zero-order valence-electron chi connectivity index (χ0n) is 33.2. The Morgan fingerprint density at radius 2 is 0.918 bits per heavy atom. The van der Waals surface area contributed by atoms with Crippen LogP contribution in [0.25, 0.3) is 91.8 Å². The zero-order valence-corrected chi connectivity index (χ0v) is 34.1. The van der Waals surface area contributed by atoms with Crippen LogP contribution in [-0.2, 0) is 0 Å². The number of hydrogen-bond donors (Lipinski definition) is 0. The van der Waals surface area contributed by atoms with E-state index in [0.717, 1.165) is 22.7 Å². The molecule has 0 saturated heterocycles. The lowest BCUT2D eigenvalue weighted by Crippen LogP contribution is -2.10. The SMILES string of the molecule is c1ccc(-c2cc(-c3ccccc3)cc(N(c3ccc4cc(-c5cccc6c5c5ccccc5n6-c5ccccc5)ccc4c3)c3ccc4c(c3)sc3ccccc34)c2)cc1. The molecule has 2 aromatic heterocycles. The summed E-state index contributed by atoms with van der Waals surface area (Å²) in [4.78, 5) is 2.44. The smallest absolute Gasteiger partial charge is 0.0547 e. The fourth-order valence-corrected chi connectivity index (χ4v) is 10.4. The third kappa shape index (κ3) is 6.09. The van der Waals surface area contributed by atoms with Crippen LogP contribution < -0.4 is 4.90 Å². The first-order chi connectivity index (χ1) is 30.2. The van der Waals surface area contributed by atoms with Crippen LogP contribution >= 0.6 is 11.3 Å². The third-order valence-corrected chi connectivity index (χ3v) is 13.2. The molecule has 0 amide bonds. The summed E-state index contributed by atoms with van der Waals surface area (Å²) in [6.07, 6.45) is 0. The van der Waals surface area contributed by atoms with Crippen molar-refractivity contribution in [3.8, 4) is 39.1 Å². The lowest BCUT2D eigenvalue weighted by Gasteiger charge is -2.27. The van der Waals surface area contributed by atoms with Gasteiger partial charge >= 0.3 is 0 Å². The molecule has 0 atom stereocenters. The van der Waals surface area contributed by atoms with Crippen LogP contribution in [0.1, 0.15) is 0 Å². The number of aromatic nitrogens is 1. The number of fused-ring (bicyclic) bond motifs is 7. The lowest BCUT2D eigenvalue weighted by molar-refractivity contribution is 1.18. The minimum Gasteiger partial charge on any atom is -0.310 e. The first-order valence-corrected chi connectivity index (χ1v) is 21.6. The van der Waals surface area contributed by atoms with Crippen LogP contribution in [0.15, 0.2) is 231 Å². The van der Waals surface area contributed by atoms with Gasteiger partial charge in [0.05, 0.1) is 11.0 Å². The average molecular weight is 795 g/mol. The molecule has 12 aromatic rings. The molecule has 0 radical (unpaired) electrons. The number of para-hydroxylation sites is 2. The van der Waals surface area contributed by atoms with E-state index in [1.807, 2.05) is 11.3 Å². The summed E-state index contributed by atoms with van der Waals surface area (Å²) in [5.74, 6) is 0. The number of benzene rings is 10. The minimum absolute atomic E-state index is 1.11. The van der Waals surface area contributed by atoms with Crippen molar-refractivity contribution in [2.24, 2.45) is 0 Å². The van der Waals surface area contributed by atoms with Crippen LogP contribution in [0.3, 0.4) is 0 Å². The quantitative estimate of drug-likeness (QED) is 0.156. The van der Waals surface area contributed by atoms with Crippen molar-refractivity contribution in [1.29, 1.82) is 0 Å². The van der Waals surface area contributed by atoms with Crippen LogP contribution in [0, 0.1) is 0 Å². The Morgan fingerprint density at radius 1 is 0.328 bits per heavy atom. The molecule has 2 heterocycles. The molecule has 61 heavy (non-hydrogen) atoms. The van der Waals surface area contributed by atoms with Crippen molar-refractivity contribution >= 4 is 81.1 Å². The zero-order chi connectivity index (χ0) is 40.3. The molecule has 0 bridgehead atoms. The van der Waals surface area contributed by atoms with Gasteiger partial charge in [-0.3, -0.25) is 0 Å². The predicted molar refractivity (Wildman–Crippen MR) is 262 cm³/mol. The molecule has 10 aromatic carbocycles. The van der Waals surface area contributed by atoms with Crippen molar-refractivity contribution in [3.05, 3.63) is 231 Å². The van der Waals surface area contributed by atoms with E-state index in [4.69, 9.17) is 0 Å². The minimum atomic E-state index is 1.11. The maximum absolute atomic E-state index is 2.44. The predicted octanol–water partition coefficient (Wildman–Crippen LogP) is 16.8. The fourth-order valence-electron chi connectivity index (χ4n) is 9.29. The van der Waals surface area contributed by atoms with E-state index in [-0.39, 0.29) is 0 Å². The Bertz CT molecular complexity index is 3530. The third-order valence-electron chi connectivity index (χ3n) is 12.1. The van der Waals surface area contributed by atoms with Gasteiger partial charge in [-0.05, 0) is 123 Å². The summed E-state index contributed by atoms with van der Waals surface area (Å²) in [7, 11) is 0. The van der Waals surface area contributed by atoms with Crippen LogP contribution in [0.4, 0.5) is 17.1 Å². The molecule has 3 heteroatoms. The van der Waals surface area contributed by atoms with Gasteiger partial charge in [-0.2, -0.15) is 0 Å². The largest absolute Gasteiger partial charge is 0.310 e. The van der Waals surface area contributed by atoms with E-state index in [0.29, 0.717) is 0 Å². The summed E-state index contributed by atoms with van der Waals surface area (Å²) in [5.41, 5.74) is 14.1. The molecular weight excluding hydrogens is 757 g/mol. The fraction of sp³-hybridized carbons (Fsp3) is 0. The Kier molecular flexibility index (Phi) is 8.39. The molecule has 12 rings (SSSR count). The van der Waals surface area contributed by atoms with Crippen LogP contribution in [0.5, 0.6) is 0 Å². The van der Waals surface area contributed by atoms with E-state index >= 15 is 0 Å². The molecule has 2 nitrogen and oxygen atoms in total. The summed E-state index contributed by atoms with van der Waals surface area (Å²) >= 11 is 1.86. The monoisotopic (exact) mass is 794 g/mol. The van der Waals surface area contributed by atoms with E-state index in [1.54, 1.807) is 0 Å². The molecule has 0 unspecified atom stereocenters. The molecule has 0 aliphatic heterocycles. The van der Waals surface area contributed by atoms with Gasteiger partial charge in [-0.15, -0.1) is 11.3 Å². The molecule has 0 spiro atoms. The van der Waals surface area contributed by atoms with Gasteiger partial charge in [-0.25, -0.2) is 0 Å². The first-order valence-electron chi connectivity index (χ1n) is 20.8. The highest BCUT2D eigenvalue weighted by Crippen LogP contribution is 2.45. The highest BCUT2D eigenvalue weighted by molar-refractivity contribution is 7.25. The van der Waals surface area contributed by atoms with Crippen molar-refractivity contribution in [1.82, 2.24) is 4.57 Å². The van der Waals surface area contributed by atoms with Crippen LogP contribution in [0.2, 0.25) is 0 Å². The Hall–Kier alpha value is -7.72. The topological polar surface area (TPSA) is 8.17 Å². The van der Waals surface area contributed by atoms with Gasteiger partial charge in [0.1, 0.15) is 0 Å². The Balaban J connectivity index is 1.03. The lowest BCUT2D eigenvalue weighted by atomic mass is 9.96. The van der Waals surface area contributed by atoms with Gasteiger partial charge in [0.15, 0.2) is 0 Å². The first kappa shape index (κ1) is 35.2. The molecule has 0 fully saturated rings. The van der Waals surface area contributed by atoms with Gasteiger partial charge in [0, 0.05) is 53.7 Å². The van der Waals surface area contributed by atoms with Crippen molar-refractivity contribution in [3.63, 3.8) is 0 Å². The van der Waals surface area contributed by atoms with Gasteiger partial charge < -0.3 is 9.47 Å². The maximum atomic E-state index is 2.44. The number of anilines is 3. The standard InChI is InChI=1S/C58H38N2S/c1-4-15-39(16-5-1)44-34-45(40-17-6-2-7-18-40)37-49(36-44)59(48-31-32-52-51-21-11-13-26-56(51)61-57(52)38-48)47-30-29-41-33-43(28-27-42(41)35-47)50-23-14-25-55-58(50)53-22-10-12-24-54(53)60(55)46-19-8-3-9-20-46/h1-38H. The average Bonchev–Trinajstić information content (AvgIpc) is 3.88. The number of thiophene rings is 1.